The molecule has 0 heterocycles. The van der Waals surface area contributed by atoms with E-state index in [1.54, 1.807) is 0 Å². The maximum Gasteiger partial charge on any atom is 0.407 e. The second-order valence-electron chi connectivity index (χ2n) is 8.38. The minimum absolute atomic E-state index is 0.0353. The predicted octanol–water partition coefficient (Wildman–Crippen LogP) is 2.40. The number of rotatable bonds is 9. The summed E-state index contributed by atoms with van der Waals surface area (Å²) < 4.78 is 5.55. The summed E-state index contributed by atoms with van der Waals surface area (Å²) in [5, 5.41) is 23.2. The number of hydrogen-bond donors (Lipinski definition) is 4. The molecule has 0 spiro atoms. The Kier molecular flexibility index (Phi) is 6.14. The van der Waals surface area contributed by atoms with E-state index in [4.69, 9.17) is 14.9 Å². The van der Waals surface area contributed by atoms with Crippen molar-refractivity contribution in [3.05, 3.63) is 59.7 Å². The highest BCUT2D eigenvalue weighted by atomic mass is 16.5. The third-order valence-electron chi connectivity index (χ3n) is 6.11. The molecule has 0 bridgehead atoms. The molecule has 1 saturated carbocycles. The first-order valence-corrected chi connectivity index (χ1v) is 10.7. The van der Waals surface area contributed by atoms with Crippen LogP contribution in [0.4, 0.5) is 4.79 Å². The fourth-order valence-corrected chi connectivity index (χ4v) is 4.29. The number of nitrogens with one attached hydrogen (secondary N) is 2. The Labute approximate surface area is 185 Å². The molecule has 0 radical (unpaired) electrons. The number of aliphatic hydroxyl groups is 1. The monoisotopic (exact) mass is 438 g/mol. The summed E-state index contributed by atoms with van der Waals surface area (Å²) in [4.78, 5) is 35.9. The van der Waals surface area contributed by atoms with Crippen molar-refractivity contribution in [3.63, 3.8) is 0 Å². The molecular weight excluding hydrogens is 412 g/mol. The first-order valence-electron chi connectivity index (χ1n) is 10.7. The van der Waals surface area contributed by atoms with E-state index < -0.39 is 29.6 Å². The van der Waals surface area contributed by atoms with Crippen LogP contribution in [0.2, 0.25) is 0 Å². The number of fused-ring (bicyclic) bond motifs is 3. The third kappa shape index (κ3) is 4.60. The van der Waals surface area contributed by atoms with Crippen molar-refractivity contribution in [3.8, 4) is 11.1 Å². The summed E-state index contributed by atoms with van der Waals surface area (Å²) in [5.41, 5.74) is 3.80. The number of carboxylic acids is 1. The van der Waals surface area contributed by atoms with Crippen molar-refractivity contribution in [1.29, 1.82) is 0 Å². The summed E-state index contributed by atoms with van der Waals surface area (Å²) in [6.07, 6.45) is 0.521. The Morgan fingerprint density at radius 1 is 1.03 bits per heavy atom. The van der Waals surface area contributed by atoms with Crippen LogP contribution in [0.1, 0.15) is 42.7 Å². The number of aliphatic hydroxyl groups excluding tert-OH is 1. The number of alkyl carbamates (subject to hydrolysis) is 1. The number of benzene rings is 2. The number of hydrogen-bond acceptors (Lipinski definition) is 5. The van der Waals surface area contributed by atoms with Crippen molar-refractivity contribution >= 4 is 18.0 Å². The molecule has 2 amide bonds. The van der Waals surface area contributed by atoms with Crippen LogP contribution in [-0.4, -0.2) is 53.0 Å². The topological polar surface area (TPSA) is 125 Å². The number of aliphatic carboxylic acids is 1. The minimum Gasteiger partial charge on any atom is -0.480 e. The van der Waals surface area contributed by atoms with E-state index in [1.165, 1.54) is 0 Å². The molecule has 32 heavy (non-hydrogen) atoms. The van der Waals surface area contributed by atoms with Crippen LogP contribution >= 0.6 is 0 Å². The molecule has 0 unspecified atom stereocenters. The third-order valence-corrected chi connectivity index (χ3v) is 6.11. The molecule has 0 saturated heterocycles. The zero-order chi connectivity index (χ0) is 22.7. The maximum atomic E-state index is 12.5. The van der Waals surface area contributed by atoms with Crippen LogP contribution in [0.5, 0.6) is 0 Å². The number of carboxylic acid groups (broad SMARTS) is 1. The Balaban J connectivity index is 1.34. The highest BCUT2D eigenvalue weighted by Crippen LogP contribution is 2.44. The smallest absolute Gasteiger partial charge is 0.407 e. The SMILES string of the molecule is O=C(CC1(NC(=O)OCC2c3ccccc3-c3ccccc32)CC1)N[C@H](CCO)C(=O)O. The minimum atomic E-state index is -1.21. The van der Waals surface area contributed by atoms with E-state index in [-0.39, 0.29) is 32.0 Å². The lowest BCUT2D eigenvalue weighted by Crippen LogP contribution is -2.46. The van der Waals surface area contributed by atoms with E-state index >= 15 is 0 Å². The second kappa shape index (κ2) is 9.00. The highest BCUT2D eigenvalue weighted by Gasteiger charge is 2.46. The van der Waals surface area contributed by atoms with Crippen LogP contribution in [-0.2, 0) is 14.3 Å². The van der Waals surface area contributed by atoms with Gasteiger partial charge in [-0.15, -0.1) is 0 Å². The lowest BCUT2D eigenvalue weighted by molar-refractivity contribution is -0.142. The van der Waals surface area contributed by atoms with Gasteiger partial charge in [-0.2, -0.15) is 0 Å². The summed E-state index contributed by atoms with van der Waals surface area (Å²) >= 11 is 0. The first kappa shape index (κ1) is 21.8. The fourth-order valence-electron chi connectivity index (χ4n) is 4.29. The predicted molar refractivity (Wildman–Crippen MR) is 116 cm³/mol. The number of ether oxygens (including phenoxy) is 1. The van der Waals surface area contributed by atoms with Gasteiger partial charge in [0.05, 0.1) is 5.54 Å². The quantitative estimate of drug-likeness (QED) is 0.477. The van der Waals surface area contributed by atoms with Crippen LogP contribution in [0.3, 0.4) is 0 Å². The average Bonchev–Trinajstić information content (AvgIpc) is 3.44. The summed E-state index contributed by atoms with van der Waals surface area (Å²) in [7, 11) is 0. The van der Waals surface area contributed by atoms with Gasteiger partial charge < -0.3 is 25.6 Å². The van der Waals surface area contributed by atoms with Crippen LogP contribution in [0.15, 0.2) is 48.5 Å². The van der Waals surface area contributed by atoms with Gasteiger partial charge in [-0.3, -0.25) is 4.79 Å². The largest absolute Gasteiger partial charge is 0.480 e. The summed E-state index contributed by atoms with van der Waals surface area (Å²) in [6.45, 7) is -0.167. The molecule has 0 aromatic heterocycles. The van der Waals surface area contributed by atoms with Crippen molar-refractivity contribution in [2.24, 2.45) is 0 Å². The van der Waals surface area contributed by atoms with Gasteiger partial charge in [0.15, 0.2) is 0 Å². The summed E-state index contributed by atoms with van der Waals surface area (Å²) in [6, 6.07) is 15.0. The van der Waals surface area contributed by atoms with Gasteiger partial charge in [0.1, 0.15) is 12.6 Å². The number of carbonyl (C=O) groups is 3. The van der Waals surface area contributed by atoms with Crippen LogP contribution in [0.25, 0.3) is 11.1 Å². The molecule has 4 N–H and O–H groups in total. The lowest BCUT2D eigenvalue weighted by Gasteiger charge is -2.20. The van der Waals surface area contributed by atoms with Crippen LogP contribution in [0, 0.1) is 0 Å². The van der Waals surface area contributed by atoms with Crippen molar-refractivity contribution < 1.29 is 29.3 Å². The molecule has 8 heteroatoms. The van der Waals surface area contributed by atoms with Gasteiger partial charge in [0, 0.05) is 25.4 Å². The molecule has 1 fully saturated rings. The molecule has 0 aliphatic heterocycles. The molecule has 168 valence electrons. The normalized spacial score (nSPS) is 16.4. The number of amides is 2. The Morgan fingerprint density at radius 2 is 1.62 bits per heavy atom. The number of carbonyl (C=O) groups excluding carboxylic acids is 2. The molecule has 4 rings (SSSR count). The molecule has 8 nitrogen and oxygen atoms in total. The Hall–Kier alpha value is -3.39. The second-order valence-corrected chi connectivity index (χ2v) is 8.38. The van der Waals surface area contributed by atoms with E-state index in [2.05, 4.69) is 22.8 Å². The van der Waals surface area contributed by atoms with Crippen molar-refractivity contribution in [2.45, 2.75) is 43.2 Å². The average molecular weight is 438 g/mol. The Bertz CT molecular complexity index is 987. The maximum absolute atomic E-state index is 12.5. The molecule has 2 aromatic carbocycles. The van der Waals surface area contributed by atoms with Gasteiger partial charge in [0.25, 0.3) is 0 Å². The van der Waals surface area contributed by atoms with Gasteiger partial charge in [0.2, 0.25) is 5.91 Å². The van der Waals surface area contributed by atoms with E-state index in [9.17, 15) is 14.4 Å². The Morgan fingerprint density at radius 3 is 2.16 bits per heavy atom. The molecular formula is C24H26N2O6. The van der Waals surface area contributed by atoms with E-state index in [0.29, 0.717) is 12.8 Å². The lowest BCUT2D eigenvalue weighted by atomic mass is 9.98. The summed E-state index contributed by atoms with van der Waals surface area (Å²) in [5.74, 6) is -1.74. The zero-order valence-electron chi connectivity index (χ0n) is 17.5. The molecule has 2 aromatic rings. The standard InChI is InChI=1S/C24H26N2O6/c27-12-9-20(22(29)30)25-21(28)13-24(10-11-24)26-23(31)32-14-19-17-7-3-1-5-15(17)16-6-2-4-8-18(16)19/h1-8,19-20,27H,9-14H2,(H,25,28)(H,26,31)(H,29,30)/t20-/m1/s1. The van der Waals surface area contributed by atoms with Gasteiger partial charge in [-0.1, -0.05) is 48.5 Å². The first-order chi connectivity index (χ1) is 15.4. The van der Waals surface area contributed by atoms with Gasteiger partial charge in [-0.05, 0) is 35.1 Å². The highest BCUT2D eigenvalue weighted by molar-refractivity contribution is 5.85. The van der Waals surface area contributed by atoms with Crippen molar-refractivity contribution in [2.75, 3.05) is 13.2 Å². The van der Waals surface area contributed by atoms with Gasteiger partial charge >= 0.3 is 12.1 Å². The molecule has 1 atom stereocenters. The van der Waals surface area contributed by atoms with Crippen LogP contribution < -0.4 is 10.6 Å². The zero-order valence-corrected chi connectivity index (χ0v) is 17.5. The van der Waals surface area contributed by atoms with Gasteiger partial charge in [-0.25, -0.2) is 9.59 Å². The molecule has 2 aliphatic rings. The van der Waals surface area contributed by atoms with E-state index in [0.717, 1.165) is 22.3 Å². The van der Waals surface area contributed by atoms with E-state index in [1.807, 2.05) is 36.4 Å². The fraction of sp³-hybridized carbons (Fsp3) is 0.375. The van der Waals surface area contributed by atoms with Crippen molar-refractivity contribution in [1.82, 2.24) is 10.6 Å². The molecule has 2 aliphatic carbocycles.